The Bertz CT molecular complexity index is 405. The van der Waals surface area contributed by atoms with E-state index in [0.717, 1.165) is 5.69 Å². The van der Waals surface area contributed by atoms with Gasteiger partial charge in [0.15, 0.2) is 0 Å². The predicted octanol–water partition coefficient (Wildman–Crippen LogP) is 1.94. The molecule has 1 aliphatic rings. The number of hydrazine groups is 1. The zero-order valence-corrected chi connectivity index (χ0v) is 10.5. The van der Waals surface area contributed by atoms with Crippen LogP contribution in [0.1, 0.15) is 6.92 Å². The molecule has 92 valence electrons. The lowest BCUT2D eigenvalue weighted by atomic mass is 10.3. The topological polar surface area (TPSA) is 32.8 Å². The lowest BCUT2D eigenvalue weighted by Gasteiger charge is -2.36. The molecule has 1 fully saturated rings. The van der Waals surface area contributed by atoms with Crippen molar-refractivity contribution in [3.05, 3.63) is 29.3 Å². The van der Waals surface area contributed by atoms with E-state index in [0.29, 0.717) is 31.3 Å². The van der Waals surface area contributed by atoms with Gasteiger partial charge in [-0.05, 0) is 18.2 Å². The fourth-order valence-corrected chi connectivity index (χ4v) is 2.09. The SMILES string of the molecule is CC(=O)N(c1cccc(Cl)c1)N1CCOCC1. The van der Waals surface area contributed by atoms with Crippen LogP contribution in [-0.2, 0) is 9.53 Å². The Kier molecular flexibility index (Phi) is 3.99. The summed E-state index contributed by atoms with van der Waals surface area (Å²) in [6, 6.07) is 7.30. The minimum absolute atomic E-state index is 0.0193. The van der Waals surface area contributed by atoms with E-state index in [-0.39, 0.29) is 5.91 Å². The third-order valence-corrected chi connectivity index (χ3v) is 2.86. The summed E-state index contributed by atoms with van der Waals surface area (Å²) in [5, 5.41) is 4.27. The molecule has 0 spiro atoms. The number of benzene rings is 1. The van der Waals surface area contributed by atoms with Gasteiger partial charge >= 0.3 is 0 Å². The van der Waals surface area contributed by atoms with Crippen LogP contribution >= 0.6 is 11.6 Å². The van der Waals surface area contributed by atoms with E-state index in [1.807, 2.05) is 17.1 Å². The highest BCUT2D eigenvalue weighted by Crippen LogP contribution is 2.21. The largest absolute Gasteiger partial charge is 0.379 e. The Morgan fingerprint density at radius 2 is 2.12 bits per heavy atom. The Labute approximate surface area is 106 Å². The Morgan fingerprint density at radius 3 is 2.71 bits per heavy atom. The molecular formula is C12H15ClN2O2. The fraction of sp³-hybridized carbons (Fsp3) is 0.417. The lowest BCUT2D eigenvalue weighted by Crippen LogP contribution is -2.51. The van der Waals surface area contributed by atoms with E-state index in [1.54, 1.807) is 24.1 Å². The number of nitrogens with zero attached hydrogens (tertiary/aromatic N) is 2. The first-order valence-corrected chi connectivity index (χ1v) is 5.95. The third kappa shape index (κ3) is 2.97. The number of carbonyl (C=O) groups is 1. The number of hydrogen-bond acceptors (Lipinski definition) is 3. The van der Waals surface area contributed by atoms with Gasteiger partial charge in [-0.25, -0.2) is 10.0 Å². The van der Waals surface area contributed by atoms with Gasteiger partial charge in [-0.1, -0.05) is 17.7 Å². The van der Waals surface area contributed by atoms with Crippen molar-refractivity contribution in [1.29, 1.82) is 0 Å². The molecule has 0 aliphatic carbocycles. The number of morpholine rings is 1. The number of hydrogen-bond donors (Lipinski definition) is 0. The van der Waals surface area contributed by atoms with Crippen molar-refractivity contribution in [3.8, 4) is 0 Å². The molecule has 0 saturated carbocycles. The van der Waals surface area contributed by atoms with Gasteiger partial charge in [0.2, 0.25) is 5.91 Å². The molecule has 17 heavy (non-hydrogen) atoms. The van der Waals surface area contributed by atoms with Crippen LogP contribution in [0.4, 0.5) is 5.69 Å². The minimum Gasteiger partial charge on any atom is -0.379 e. The summed E-state index contributed by atoms with van der Waals surface area (Å²) in [6.45, 7) is 4.27. The summed E-state index contributed by atoms with van der Waals surface area (Å²) < 4.78 is 5.28. The Morgan fingerprint density at radius 1 is 1.41 bits per heavy atom. The van der Waals surface area contributed by atoms with E-state index in [2.05, 4.69) is 0 Å². The molecule has 0 N–H and O–H groups in total. The quantitative estimate of drug-likeness (QED) is 0.809. The maximum absolute atomic E-state index is 11.8. The molecule has 0 bridgehead atoms. The summed E-state index contributed by atoms with van der Waals surface area (Å²) in [7, 11) is 0. The number of carbonyl (C=O) groups excluding carboxylic acids is 1. The Balaban J connectivity index is 2.25. The summed E-state index contributed by atoms with van der Waals surface area (Å²) in [4.78, 5) is 11.8. The van der Waals surface area contributed by atoms with Crippen molar-refractivity contribution in [1.82, 2.24) is 5.01 Å². The predicted molar refractivity (Wildman–Crippen MR) is 67.0 cm³/mol. The number of halogens is 1. The molecule has 1 aromatic rings. The number of ether oxygens (including phenoxy) is 1. The highest BCUT2D eigenvalue weighted by atomic mass is 35.5. The molecule has 0 atom stereocenters. The molecule has 4 nitrogen and oxygen atoms in total. The van der Waals surface area contributed by atoms with Gasteiger partial charge in [0, 0.05) is 25.0 Å². The van der Waals surface area contributed by atoms with E-state index in [1.165, 1.54) is 0 Å². The van der Waals surface area contributed by atoms with Gasteiger partial charge in [-0.15, -0.1) is 0 Å². The second-order valence-corrected chi connectivity index (χ2v) is 4.31. The first kappa shape index (κ1) is 12.4. The van der Waals surface area contributed by atoms with Crippen LogP contribution in [-0.4, -0.2) is 37.2 Å². The second-order valence-electron chi connectivity index (χ2n) is 3.88. The van der Waals surface area contributed by atoms with Crippen molar-refractivity contribution in [2.75, 3.05) is 31.3 Å². The summed E-state index contributed by atoms with van der Waals surface area (Å²) in [5.74, 6) is -0.0193. The summed E-state index contributed by atoms with van der Waals surface area (Å²) in [6.07, 6.45) is 0. The molecule has 2 rings (SSSR count). The first-order valence-electron chi connectivity index (χ1n) is 5.57. The van der Waals surface area contributed by atoms with Crippen LogP contribution in [0.2, 0.25) is 5.02 Å². The molecule has 0 aromatic heterocycles. The number of rotatable bonds is 2. The average molecular weight is 255 g/mol. The summed E-state index contributed by atoms with van der Waals surface area (Å²) in [5.41, 5.74) is 0.798. The highest BCUT2D eigenvalue weighted by Gasteiger charge is 2.22. The first-order chi connectivity index (χ1) is 8.18. The lowest BCUT2D eigenvalue weighted by molar-refractivity contribution is -0.120. The maximum Gasteiger partial charge on any atom is 0.238 e. The van der Waals surface area contributed by atoms with E-state index >= 15 is 0 Å². The average Bonchev–Trinajstić information content (AvgIpc) is 2.30. The zero-order chi connectivity index (χ0) is 12.3. The van der Waals surface area contributed by atoms with Crippen molar-refractivity contribution >= 4 is 23.2 Å². The maximum atomic E-state index is 11.8. The standard InChI is InChI=1S/C12H15ClN2O2/c1-10(16)15(14-5-7-17-8-6-14)12-4-2-3-11(13)9-12/h2-4,9H,5-8H2,1H3. The normalized spacial score (nSPS) is 16.8. The van der Waals surface area contributed by atoms with Gasteiger partial charge in [-0.3, -0.25) is 4.79 Å². The minimum atomic E-state index is -0.0193. The molecule has 5 heteroatoms. The smallest absolute Gasteiger partial charge is 0.238 e. The molecule has 1 heterocycles. The van der Waals surface area contributed by atoms with Gasteiger partial charge in [0.05, 0.1) is 18.9 Å². The van der Waals surface area contributed by atoms with Crippen molar-refractivity contribution in [3.63, 3.8) is 0 Å². The van der Waals surface area contributed by atoms with Crippen molar-refractivity contribution in [2.45, 2.75) is 6.92 Å². The molecule has 1 saturated heterocycles. The Hall–Kier alpha value is -1.10. The van der Waals surface area contributed by atoms with E-state index in [4.69, 9.17) is 16.3 Å². The van der Waals surface area contributed by atoms with Crippen LogP contribution in [0, 0.1) is 0 Å². The molecule has 0 unspecified atom stereocenters. The van der Waals surface area contributed by atoms with Crippen LogP contribution < -0.4 is 5.01 Å². The van der Waals surface area contributed by atoms with Crippen molar-refractivity contribution in [2.24, 2.45) is 0 Å². The molecule has 0 radical (unpaired) electrons. The molecular weight excluding hydrogens is 240 g/mol. The molecule has 1 amide bonds. The third-order valence-electron chi connectivity index (χ3n) is 2.62. The monoisotopic (exact) mass is 254 g/mol. The van der Waals surface area contributed by atoms with Gasteiger partial charge < -0.3 is 4.74 Å². The zero-order valence-electron chi connectivity index (χ0n) is 9.73. The molecule has 1 aliphatic heterocycles. The van der Waals surface area contributed by atoms with Gasteiger partial charge in [0.25, 0.3) is 0 Å². The van der Waals surface area contributed by atoms with Crippen molar-refractivity contribution < 1.29 is 9.53 Å². The van der Waals surface area contributed by atoms with Crippen LogP contribution in [0.5, 0.6) is 0 Å². The van der Waals surface area contributed by atoms with E-state index in [9.17, 15) is 4.79 Å². The van der Waals surface area contributed by atoms with Gasteiger partial charge in [0.1, 0.15) is 0 Å². The van der Waals surface area contributed by atoms with E-state index < -0.39 is 0 Å². The fourth-order valence-electron chi connectivity index (χ4n) is 1.91. The summed E-state index contributed by atoms with van der Waals surface area (Å²) >= 11 is 5.95. The molecule has 1 aromatic carbocycles. The number of amides is 1. The van der Waals surface area contributed by atoms with Crippen LogP contribution in [0.3, 0.4) is 0 Å². The highest BCUT2D eigenvalue weighted by molar-refractivity contribution is 6.30. The second kappa shape index (κ2) is 5.49. The number of anilines is 1. The van der Waals surface area contributed by atoms with Crippen LogP contribution in [0.25, 0.3) is 0 Å². The van der Waals surface area contributed by atoms with Crippen LogP contribution in [0.15, 0.2) is 24.3 Å². The van der Waals surface area contributed by atoms with Gasteiger partial charge in [-0.2, -0.15) is 0 Å².